The number of aromatic amines is 1. The van der Waals surface area contributed by atoms with E-state index in [2.05, 4.69) is 9.97 Å². The van der Waals surface area contributed by atoms with Crippen LogP contribution in [0.2, 0.25) is 0 Å². The number of halogens is 1. The van der Waals surface area contributed by atoms with Gasteiger partial charge < -0.3 is 19.6 Å². The lowest BCUT2D eigenvalue weighted by molar-refractivity contribution is 0.0697. The minimum atomic E-state index is -1.10. The number of H-pyrrole nitrogens is 1. The predicted molar refractivity (Wildman–Crippen MR) is 100 cm³/mol. The maximum absolute atomic E-state index is 12.3. The average molecular weight is 385 g/mol. The van der Waals surface area contributed by atoms with Gasteiger partial charge in [-0.25, -0.2) is 9.78 Å². The van der Waals surface area contributed by atoms with Gasteiger partial charge in [0.05, 0.1) is 21.5 Å². The molecule has 27 heavy (non-hydrogen) atoms. The minimum absolute atomic E-state index is 0.0403. The molecule has 0 spiro atoms. The van der Waals surface area contributed by atoms with Crippen LogP contribution in [0.3, 0.4) is 0 Å². The molecule has 0 unspecified atom stereocenters. The van der Waals surface area contributed by atoms with Gasteiger partial charge in [-0.15, -0.1) is 0 Å². The van der Waals surface area contributed by atoms with Crippen LogP contribution < -0.4 is 15.0 Å². The Kier molecular flexibility index (Phi) is 4.29. The third kappa shape index (κ3) is 3.37. The summed E-state index contributed by atoms with van der Waals surface area (Å²) in [6, 6.07) is 9.47. The second-order valence-corrected chi connectivity index (χ2v) is 6.25. The smallest absolute Gasteiger partial charge is 0.335 e. The van der Waals surface area contributed by atoms with Crippen LogP contribution in [0.1, 0.15) is 21.7 Å². The molecule has 0 atom stereocenters. The zero-order chi connectivity index (χ0) is 19.0. The Morgan fingerprint density at radius 2 is 1.93 bits per heavy atom. The van der Waals surface area contributed by atoms with E-state index in [0.717, 1.165) is 5.56 Å². The normalized spacial score (nSPS) is 13.6. The molecule has 1 aliphatic heterocycles. The van der Waals surface area contributed by atoms with Crippen LogP contribution in [0.5, 0.6) is 11.5 Å². The summed E-state index contributed by atoms with van der Waals surface area (Å²) in [6.07, 6.45) is 1.63. The predicted octanol–water partition coefficient (Wildman–Crippen LogP) is 3.13. The van der Waals surface area contributed by atoms with Crippen molar-refractivity contribution < 1.29 is 19.4 Å². The summed E-state index contributed by atoms with van der Waals surface area (Å²) in [5, 5.41) is 9.60. The molecule has 0 radical (unpaired) electrons. The number of carboxylic acid groups (broad SMARTS) is 1. The lowest BCUT2D eigenvalue weighted by atomic mass is 10.1. The molecule has 3 aromatic rings. The van der Waals surface area contributed by atoms with Gasteiger partial charge in [0.15, 0.2) is 17.3 Å². The van der Waals surface area contributed by atoms with Crippen molar-refractivity contribution in [3.63, 3.8) is 0 Å². The van der Waals surface area contributed by atoms with Crippen molar-refractivity contribution in [3.8, 4) is 11.5 Å². The first kappa shape index (κ1) is 17.1. The average Bonchev–Trinajstić information content (AvgIpc) is 2.67. The Morgan fingerprint density at radius 1 is 1.15 bits per heavy atom. The molecule has 0 aliphatic carbocycles. The van der Waals surface area contributed by atoms with Gasteiger partial charge in [0, 0.05) is 0 Å². The fraction of sp³-hybridized carbons (Fsp3) is 0.105. The SMILES string of the molecule is O=C(O)c1ccc2c(=O)[nH]c(/C(Cl)=C/c3ccc4c(c3)OCCO4)nc2c1. The second-order valence-electron chi connectivity index (χ2n) is 5.85. The fourth-order valence-electron chi connectivity index (χ4n) is 2.75. The van der Waals surface area contributed by atoms with Crippen molar-refractivity contribution in [3.05, 3.63) is 63.7 Å². The summed E-state index contributed by atoms with van der Waals surface area (Å²) in [5.74, 6) is 0.323. The van der Waals surface area contributed by atoms with Gasteiger partial charge in [-0.2, -0.15) is 0 Å². The zero-order valence-electron chi connectivity index (χ0n) is 13.9. The zero-order valence-corrected chi connectivity index (χ0v) is 14.6. The Hall–Kier alpha value is -3.32. The lowest BCUT2D eigenvalue weighted by Crippen LogP contribution is -2.15. The number of aromatic nitrogens is 2. The van der Waals surface area contributed by atoms with Crippen LogP contribution in [-0.4, -0.2) is 34.3 Å². The molecule has 0 amide bonds. The van der Waals surface area contributed by atoms with E-state index < -0.39 is 11.5 Å². The summed E-state index contributed by atoms with van der Waals surface area (Å²) < 4.78 is 11.0. The monoisotopic (exact) mass is 384 g/mol. The molecule has 2 N–H and O–H groups in total. The molecule has 136 valence electrons. The van der Waals surface area contributed by atoms with E-state index in [9.17, 15) is 9.59 Å². The molecule has 7 nitrogen and oxygen atoms in total. The van der Waals surface area contributed by atoms with E-state index in [1.165, 1.54) is 18.2 Å². The highest BCUT2D eigenvalue weighted by molar-refractivity contribution is 6.50. The Bertz CT molecular complexity index is 1150. The van der Waals surface area contributed by atoms with Crippen LogP contribution in [-0.2, 0) is 0 Å². The first-order chi connectivity index (χ1) is 13.0. The van der Waals surface area contributed by atoms with E-state index in [1.54, 1.807) is 24.3 Å². The minimum Gasteiger partial charge on any atom is -0.486 e. The molecule has 0 saturated heterocycles. The van der Waals surface area contributed by atoms with Crippen LogP contribution in [0.4, 0.5) is 0 Å². The molecular formula is C19H13ClN2O5. The molecule has 0 bridgehead atoms. The molecule has 8 heteroatoms. The first-order valence-corrected chi connectivity index (χ1v) is 8.44. The van der Waals surface area contributed by atoms with E-state index in [1.807, 2.05) is 0 Å². The van der Waals surface area contributed by atoms with Crippen LogP contribution in [0.15, 0.2) is 41.2 Å². The number of ether oxygens (including phenoxy) is 2. The van der Waals surface area contributed by atoms with Crippen molar-refractivity contribution in [1.29, 1.82) is 0 Å². The largest absolute Gasteiger partial charge is 0.486 e. The second kappa shape index (κ2) is 6.77. The summed E-state index contributed by atoms with van der Waals surface area (Å²) in [5.41, 5.74) is 0.632. The standard InChI is InChI=1S/C19H13ClN2O5/c20-13(7-10-1-4-15-16(8-10)27-6-5-26-15)17-21-14-9-11(19(24)25)2-3-12(14)18(23)22-17/h1-4,7-9H,5-6H2,(H,24,25)(H,21,22,23)/b13-7-. The Morgan fingerprint density at radius 3 is 2.70 bits per heavy atom. The molecule has 2 heterocycles. The number of benzene rings is 2. The van der Waals surface area contributed by atoms with Gasteiger partial charge in [-0.1, -0.05) is 17.7 Å². The molecular weight excluding hydrogens is 372 g/mol. The van der Waals surface area contributed by atoms with Crippen molar-refractivity contribution in [2.45, 2.75) is 0 Å². The number of carboxylic acids is 1. The van der Waals surface area contributed by atoms with E-state index >= 15 is 0 Å². The van der Waals surface area contributed by atoms with E-state index in [0.29, 0.717) is 24.7 Å². The van der Waals surface area contributed by atoms with Gasteiger partial charge in [-0.3, -0.25) is 4.79 Å². The number of nitrogens with zero attached hydrogens (tertiary/aromatic N) is 1. The van der Waals surface area contributed by atoms with Gasteiger partial charge in [0.1, 0.15) is 13.2 Å². The number of rotatable bonds is 3. The van der Waals surface area contributed by atoms with E-state index in [-0.39, 0.29) is 27.3 Å². The topological polar surface area (TPSA) is 102 Å². The molecule has 0 fully saturated rings. The number of hydrogen-bond acceptors (Lipinski definition) is 5. The van der Waals surface area contributed by atoms with Gasteiger partial charge in [-0.05, 0) is 42.0 Å². The first-order valence-electron chi connectivity index (χ1n) is 8.06. The third-order valence-corrected chi connectivity index (χ3v) is 4.33. The number of fused-ring (bicyclic) bond motifs is 2. The molecule has 2 aromatic carbocycles. The van der Waals surface area contributed by atoms with Gasteiger partial charge in [0.2, 0.25) is 0 Å². The van der Waals surface area contributed by atoms with Gasteiger partial charge in [0.25, 0.3) is 5.56 Å². The van der Waals surface area contributed by atoms with E-state index in [4.69, 9.17) is 26.2 Å². The van der Waals surface area contributed by atoms with Crippen LogP contribution in [0, 0.1) is 0 Å². The quantitative estimate of drug-likeness (QED) is 0.719. The van der Waals surface area contributed by atoms with Crippen LogP contribution in [0.25, 0.3) is 22.0 Å². The summed E-state index contributed by atoms with van der Waals surface area (Å²) in [6.45, 7) is 0.975. The van der Waals surface area contributed by atoms with Crippen molar-refractivity contribution in [1.82, 2.24) is 9.97 Å². The summed E-state index contributed by atoms with van der Waals surface area (Å²) in [4.78, 5) is 30.3. The number of hydrogen-bond donors (Lipinski definition) is 2. The lowest BCUT2D eigenvalue weighted by Gasteiger charge is -2.18. The fourth-order valence-corrected chi connectivity index (χ4v) is 2.97. The maximum atomic E-state index is 12.3. The summed E-state index contributed by atoms with van der Waals surface area (Å²) in [7, 11) is 0. The highest BCUT2D eigenvalue weighted by atomic mass is 35.5. The molecule has 4 rings (SSSR count). The molecule has 1 aliphatic rings. The Labute approximate surface area is 157 Å². The Balaban J connectivity index is 1.75. The molecule has 0 saturated carbocycles. The van der Waals surface area contributed by atoms with Crippen molar-refractivity contribution in [2.24, 2.45) is 0 Å². The third-order valence-electron chi connectivity index (χ3n) is 4.04. The maximum Gasteiger partial charge on any atom is 0.335 e. The van der Waals surface area contributed by atoms with Crippen LogP contribution >= 0.6 is 11.6 Å². The highest BCUT2D eigenvalue weighted by Crippen LogP contribution is 2.32. The highest BCUT2D eigenvalue weighted by Gasteiger charge is 2.13. The number of carbonyl (C=O) groups is 1. The number of nitrogens with one attached hydrogen (secondary N) is 1. The number of aromatic carboxylic acids is 1. The van der Waals surface area contributed by atoms with Crippen molar-refractivity contribution >= 4 is 39.6 Å². The van der Waals surface area contributed by atoms with Crippen molar-refractivity contribution in [2.75, 3.05) is 13.2 Å². The summed E-state index contributed by atoms with van der Waals surface area (Å²) >= 11 is 6.34. The van der Waals surface area contributed by atoms with Gasteiger partial charge >= 0.3 is 5.97 Å². The molecule has 1 aromatic heterocycles.